The van der Waals surface area contributed by atoms with Gasteiger partial charge in [-0.1, -0.05) is 42.5 Å². The van der Waals surface area contributed by atoms with E-state index in [1.165, 1.54) is 4.90 Å². The summed E-state index contributed by atoms with van der Waals surface area (Å²) in [6, 6.07) is 21.8. The molecule has 0 radical (unpaired) electrons. The van der Waals surface area contributed by atoms with E-state index in [1.807, 2.05) is 67.6 Å². The summed E-state index contributed by atoms with van der Waals surface area (Å²) in [4.78, 5) is 28.0. The first-order valence-corrected chi connectivity index (χ1v) is 12.8. The average Bonchev–Trinajstić information content (AvgIpc) is 3.43. The highest BCUT2D eigenvalue weighted by Crippen LogP contribution is 2.41. The molecule has 1 amide bonds. The third kappa shape index (κ3) is 5.15. The van der Waals surface area contributed by atoms with Gasteiger partial charge in [-0.2, -0.15) is 0 Å². The maximum Gasteiger partial charge on any atom is 0.295 e. The summed E-state index contributed by atoms with van der Waals surface area (Å²) < 4.78 is 17.0. The molecule has 3 aromatic carbocycles. The first-order valence-electron chi connectivity index (χ1n) is 12.8. The van der Waals surface area contributed by atoms with E-state index in [2.05, 4.69) is 0 Å². The molecule has 2 aliphatic rings. The molecule has 1 N–H and O–H groups in total. The first-order chi connectivity index (χ1) is 18.5. The number of ketones is 1. The lowest BCUT2D eigenvalue weighted by Gasteiger charge is -2.25. The molecule has 0 aromatic heterocycles. The van der Waals surface area contributed by atoms with Crippen molar-refractivity contribution < 1.29 is 28.9 Å². The first kappa shape index (κ1) is 25.5. The van der Waals surface area contributed by atoms with Crippen molar-refractivity contribution in [1.29, 1.82) is 0 Å². The molecule has 2 aliphatic heterocycles. The minimum absolute atomic E-state index is 0.0485. The molecule has 0 bridgehead atoms. The van der Waals surface area contributed by atoms with Crippen LogP contribution in [-0.4, -0.2) is 48.1 Å². The maximum atomic E-state index is 13.3. The molecular formula is C31H31NO6. The largest absolute Gasteiger partial charge is 0.507 e. The Labute approximate surface area is 222 Å². The smallest absolute Gasteiger partial charge is 0.295 e. The SMILES string of the molecule is COCCCN1C(=O)C(=O)/C(=C(\O)c2ccc3c(c2)CC(C)O3)C1c1cccc(OCc2ccccc2)c1. The molecule has 1 saturated heterocycles. The highest BCUT2D eigenvalue weighted by Gasteiger charge is 2.46. The average molecular weight is 514 g/mol. The van der Waals surface area contributed by atoms with Crippen molar-refractivity contribution in [2.75, 3.05) is 20.3 Å². The Kier molecular flexibility index (Phi) is 7.47. The number of methoxy groups -OCH3 is 1. The van der Waals surface area contributed by atoms with E-state index in [-0.39, 0.29) is 17.4 Å². The molecule has 0 aliphatic carbocycles. The number of hydrogen-bond acceptors (Lipinski definition) is 6. The highest BCUT2D eigenvalue weighted by molar-refractivity contribution is 6.46. The Hall–Kier alpha value is -4.10. The van der Waals surface area contributed by atoms with Gasteiger partial charge in [-0.15, -0.1) is 0 Å². The highest BCUT2D eigenvalue weighted by atomic mass is 16.5. The van der Waals surface area contributed by atoms with Gasteiger partial charge in [0.2, 0.25) is 0 Å². The van der Waals surface area contributed by atoms with Crippen molar-refractivity contribution in [3.8, 4) is 11.5 Å². The number of amides is 1. The van der Waals surface area contributed by atoms with Crippen LogP contribution in [0.5, 0.6) is 11.5 Å². The summed E-state index contributed by atoms with van der Waals surface area (Å²) in [6.45, 7) is 3.12. The number of benzene rings is 3. The van der Waals surface area contributed by atoms with Gasteiger partial charge in [0, 0.05) is 32.2 Å². The predicted molar refractivity (Wildman–Crippen MR) is 143 cm³/mol. The number of carbonyl (C=O) groups is 2. The minimum Gasteiger partial charge on any atom is -0.507 e. The second kappa shape index (κ2) is 11.1. The fourth-order valence-corrected chi connectivity index (χ4v) is 5.08. The van der Waals surface area contributed by atoms with Gasteiger partial charge in [-0.3, -0.25) is 9.59 Å². The lowest BCUT2D eigenvalue weighted by atomic mass is 9.94. The van der Waals surface area contributed by atoms with E-state index in [0.717, 1.165) is 16.9 Å². The van der Waals surface area contributed by atoms with E-state index in [0.29, 0.717) is 49.5 Å². The second-order valence-electron chi connectivity index (χ2n) is 9.64. The van der Waals surface area contributed by atoms with Gasteiger partial charge in [-0.05, 0) is 60.4 Å². The Morgan fingerprint density at radius 2 is 1.87 bits per heavy atom. The minimum atomic E-state index is -0.754. The molecule has 2 unspecified atom stereocenters. The van der Waals surface area contributed by atoms with E-state index in [4.69, 9.17) is 14.2 Å². The molecule has 196 valence electrons. The molecule has 7 nitrogen and oxygen atoms in total. The molecule has 0 saturated carbocycles. The molecule has 0 spiro atoms. The quantitative estimate of drug-likeness (QED) is 0.187. The van der Waals surface area contributed by atoms with E-state index >= 15 is 0 Å². The van der Waals surface area contributed by atoms with Gasteiger partial charge in [0.1, 0.15) is 30.0 Å². The molecule has 38 heavy (non-hydrogen) atoms. The van der Waals surface area contributed by atoms with Crippen LogP contribution in [0, 0.1) is 0 Å². The number of ether oxygens (including phenoxy) is 3. The van der Waals surface area contributed by atoms with Crippen LogP contribution in [0.4, 0.5) is 0 Å². The molecule has 2 atom stereocenters. The number of nitrogens with zero attached hydrogens (tertiary/aromatic N) is 1. The van der Waals surface area contributed by atoms with Crippen LogP contribution < -0.4 is 9.47 Å². The van der Waals surface area contributed by atoms with Crippen molar-refractivity contribution in [1.82, 2.24) is 4.90 Å². The number of carbonyl (C=O) groups excluding carboxylic acids is 2. The number of fused-ring (bicyclic) bond motifs is 1. The van der Waals surface area contributed by atoms with Crippen LogP contribution >= 0.6 is 0 Å². The fraction of sp³-hybridized carbons (Fsp3) is 0.290. The van der Waals surface area contributed by atoms with Crippen LogP contribution in [0.15, 0.2) is 78.4 Å². The van der Waals surface area contributed by atoms with Crippen molar-refractivity contribution >= 4 is 17.4 Å². The number of aliphatic hydroxyl groups excluding tert-OH is 1. The molecule has 3 aromatic rings. The van der Waals surface area contributed by atoms with Crippen molar-refractivity contribution in [2.24, 2.45) is 0 Å². The van der Waals surface area contributed by atoms with E-state index in [1.54, 1.807) is 19.2 Å². The Morgan fingerprint density at radius 3 is 2.66 bits per heavy atom. The Bertz CT molecular complexity index is 1370. The predicted octanol–water partition coefficient (Wildman–Crippen LogP) is 5.05. The van der Waals surface area contributed by atoms with Crippen LogP contribution in [-0.2, 0) is 27.4 Å². The monoisotopic (exact) mass is 513 g/mol. The number of aliphatic hydroxyl groups is 1. The normalized spacial score (nSPS) is 19.9. The zero-order valence-corrected chi connectivity index (χ0v) is 21.6. The fourth-order valence-electron chi connectivity index (χ4n) is 5.08. The molecule has 5 rings (SSSR count). The summed E-state index contributed by atoms with van der Waals surface area (Å²) >= 11 is 0. The summed E-state index contributed by atoms with van der Waals surface area (Å²) in [5, 5.41) is 11.4. The Balaban J connectivity index is 1.52. The van der Waals surface area contributed by atoms with Gasteiger partial charge in [0.25, 0.3) is 11.7 Å². The van der Waals surface area contributed by atoms with Crippen molar-refractivity contribution in [3.05, 3.63) is 101 Å². The van der Waals surface area contributed by atoms with Crippen LogP contribution in [0.3, 0.4) is 0 Å². The zero-order chi connectivity index (χ0) is 26.6. The van der Waals surface area contributed by atoms with Crippen molar-refractivity contribution in [3.63, 3.8) is 0 Å². The lowest BCUT2D eigenvalue weighted by molar-refractivity contribution is -0.140. The number of hydrogen-bond donors (Lipinski definition) is 1. The summed E-state index contributed by atoms with van der Waals surface area (Å²) in [5.74, 6) is -0.154. The van der Waals surface area contributed by atoms with Crippen LogP contribution in [0.1, 0.15) is 41.6 Å². The maximum absolute atomic E-state index is 13.3. The topological polar surface area (TPSA) is 85.3 Å². The number of likely N-dealkylation sites (tertiary alicyclic amines) is 1. The van der Waals surface area contributed by atoms with E-state index < -0.39 is 17.7 Å². The zero-order valence-electron chi connectivity index (χ0n) is 21.6. The van der Waals surface area contributed by atoms with Crippen LogP contribution in [0.2, 0.25) is 0 Å². The summed E-state index contributed by atoms with van der Waals surface area (Å²) in [6.07, 6.45) is 1.32. The summed E-state index contributed by atoms with van der Waals surface area (Å²) in [5.41, 5.74) is 3.23. The molecule has 2 heterocycles. The standard InChI is InChI=1S/C31H31NO6/c1-20-16-24-17-23(12-13-26(24)38-20)29(33)27-28(32(14-7-15-36-2)31(35)30(27)34)22-10-6-11-25(18-22)37-19-21-8-4-3-5-9-21/h3-6,8-13,17-18,20,28,33H,7,14-16,19H2,1-2H3/b29-27-. The lowest BCUT2D eigenvalue weighted by Crippen LogP contribution is -2.31. The Morgan fingerprint density at radius 1 is 1.05 bits per heavy atom. The summed E-state index contributed by atoms with van der Waals surface area (Å²) in [7, 11) is 1.59. The molecule has 1 fully saturated rings. The van der Waals surface area contributed by atoms with E-state index in [9.17, 15) is 14.7 Å². The molecule has 7 heteroatoms. The van der Waals surface area contributed by atoms with Crippen molar-refractivity contribution in [2.45, 2.75) is 38.5 Å². The third-order valence-corrected chi connectivity index (χ3v) is 6.88. The number of Topliss-reactive ketones (excluding diaryl/α,β-unsaturated/α-hetero) is 1. The van der Waals surface area contributed by atoms with Gasteiger partial charge < -0.3 is 24.2 Å². The van der Waals surface area contributed by atoms with Gasteiger partial charge >= 0.3 is 0 Å². The van der Waals surface area contributed by atoms with Gasteiger partial charge in [0.05, 0.1) is 11.6 Å². The second-order valence-corrected chi connectivity index (χ2v) is 9.64. The van der Waals surface area contributed by atoms with Crippen LogP contribution in [0.25, 0.3) is 5.76 Å². The molecular weight excluding hydrogens is 482 g/mol. The number of rotatable bonds is 9. The van der Waals surface area contributed by atoms with Gasteiger partial charge in [-0.25, -0.2) is 0 Å². The third-order valence-electron chi connectivity index (χ3n) is 6.88. The van der Waals surface area contributed by atoms with Gasteiger partial charge in [0.15, 0.2) is 0 Å².